The third-order valence-corrected chi connectivity index (χ3v) is 5.39. The first-order valence-electron chi connectivity index (χ1n) is 7.87. The zero-order valence-corrected chi connectivity index (χ0v) is 14.8. The van der Waals surface area contributed by atoms with Gasteiger partial charge in [0.25, 0.3) is 0 Å². The number of carbonyl (C=O) groups is 1. The molecule has 1 unspecified atom stereocenters. The minimum absolute atomic E-state index is 0. The summed E-state index contributed by atoms with van der Waals surface area (Å²) in [6.07, 6.45) is 1.49. The predicted octanol–water partition coefficient (Wildman–Crippen LogP) is 1.62. The highest BCUT2D eigenvalue weighted by atomic mass is 79.9. The van der Waals surface area contributed by atoms with E-state index in [2.05, 4.69) is 11.9 Å². The van der Waals surface area contributed by atoms with Crippen LogP contribution in [0.1, 0.15) is 28.3 Å². The molecule has 3 aliphatic heterocycles. The normalized spacial score (nSPS) is 32.9. The van der Waals surface area contributed by atoms with Gasteiger partial charge in [-0.15, -0.1) is 17.0 Å². The van der Waals surface area contributed by atoms with Gasteiger partial charge in [-0.05, 0) is 31.2 Å². The van der Waals surface area contributed by atoms with Gasteiger partial charge in [-0.1, -0.05) is 11.6 Å². The van der Waals surface area contributed by atoms with E-state index in [9.17, 15) is 9.90 Å². The molecule has 0 bridgehead atoms. The molecular weight excluding hydrogens is 378 g/mol. The molecule has 1 aromatic carbocycles. The second-order valence-corrected chi connectivity index (χ2v) is 6.60. The smallest absolute Gasteiger partial charge is 0.338 e. The molecule has 6 nitrogen and oxygen atoms in total. The molecule has 0 spiro atoms. The van der Waals surface area contributed by atoms with Gasteiger partial charge in [0.1, 0.15) is 12.2 Å². The number of rotatable bonds is 0. The molecule has 1 fully saturated rings. The van der Waals surface area contributed by atoms with Crippen molar-refractivity contribution >= 4 is 23.0 Å². The average molecular weight is 396 g/mol. The number of aliphatic hydroxyl groups is 1. The molecule has 0 amide bonds. The second-order valence-electron chi connectivity index (χ2n) is 6.60. The summed E-state index contributed by atoms with van der Waals surface area (Å²) in [5.74, 6) is 0.741. The van der Waals surface area contributed by atoms with Crippen molar-refractivity contribution in [3.8, 4) is 11.5 Å². The molecule has 24 heavy (non-hydrogen) atoms. The Hall–Kier alpha value is -1.57. The first kappa shape index (κ1) is 15.9. The van der Waals surface area contributed by atoms with Gasteiger partial charge in [-0.25, -0.2) is 4.79 Å². The van der Waals surface area contributed by atoms with Crippen molar-refractivity contribution in [2.45, 2.75) is 30.6 Å². The molecule has 0 radical (unpaired) electrons. The molecule has 128 valence electrons. The Bertz CT molecular complexity index is 749. The van der Waals surface area contributed by atoms with Crippen molar-refractivity contribution in [3.05, 3.63) is 34.9 Å². The molecule has 1 N–H and O–H groups in total. The minimum Gasteiger partial charge on any atom is -0.455 e. The molecular formula is C17H18BrNO5. The number of fused-ring (bicyclic) bond motifs is 6. The Kier molecular flexibility index (Phi) is 3.63. The zero-order valence-electron chi connectivity index (χ0n) is 13.1. The summed E-state index contributed by atoms with van der Waals surface area (Å²) in [7, 11) is 2.07. The summed E-state index contributed by atoms with van der Waals surface area (Å²) in [5, 5.41) is 10.4. The van der Waals surface area contributed by atoms with Gasteiger partial charge in [0.2, 0.25) is 6.79 Å². The maximum atomic E-state index is 12.4. The quantitative estimate of drug-likeness (QED) is 0.531. The molecule has 1 aliphatic carbocycles. The van der Waals surface area contributed by atoms with Crippen molar-refractivity contribution in [1.29, 1.82) is 0 Å². The van der Waals surface area contributed by atoms with E-state index in [1.165, 1.54) is 5.57 Å². The van der Waals surface area contributed by atoms with E-state index in [0.717, 1.165) is 18.5 Å². The van der Waals surface area contributed by atoms with Crippen LogP contribution in [0.2, 0.25) is 0 Å². The Labute approximate surface area is 149 Å². The fourth-order valence-electron chi connectivity index (χ4n) is 4.36. The Morgan fingerprint density at radius 3 is 2.79 bits per heavy atom. The van der Waals surface area contributed by atoms with E-state index in [-0.39, 0.29) is 35.7 Å². The van der Waals surface area contributed by atoms with Crippen molar-refractivity contribution < 1.29 is 24.1 Å². The number of likely N-dealkylation sites (tertiary alicyclic amines) is 1. The highest BCUT2D eigenvalue weighted by Crippen LogP contribution is 2.48. The third kappa shape index (κ3) is 2.04. The summed E-state index contributed by atoms with van der Waals surface area (Å²) in [6, 6.07) is 3.74. The molecule has 0 aromatic heterocycles. The van der Waals surface area contributed by atoms with Crippen LogP contribution < -0.4 is 9.47 Å². The van der Waals surface area contributed by atoms with Gasteiger partial charge in [-0.2, -0.15) is 0 Å². The van der Waals surface area contributed by atoms with E-state index in [1.807, 2.05) is 12.1 Å². The Morgan fingerprint density at radius 2 is 2.00 bits per heavy atom. The lowest BCUT2D eigenvalue weighted by atomic mass is 9.74. The Morgan fingerprint density at radius 1 is 1.25 bits per heavy atom. The van der Waals surface area contributed by atoms with Crippen LogP contribution in [-0.4, -0.2) is 54.6 Å². The number of ether oxygens (including phenoxy) is 3. The average Bonchev–Trinajstić information content (AvgIpc) is 3.13. The van der Waals surface area contributed by atoms with Gasteiger partial charge in [0, 0.05) is 18.5 Å². The van der Waals surface area contributed by atoms with Crippen LogP contribution in [0, 0.1) is 0 Å². The van der Waals surface area contributed by atoms with Crippen LogP contribution in [0.25, 0.3) is 0 Å². The minimum atomic E-state index is -0.764. The number of carbonyl (C=O) groups excluding carboxylic acids is 1. The van der Waals surface area contributed by atoms with Crippen LogP contribution in [-0.2, 0) is 4.74 Å². The number of nitrogens with zero attached hydrogens (tertiary/aromatic N) is 1. The van der Waals surface area contributed by atoms with Crippen molar-refractivity contribution in [2.75, 3.05) is 20.4 Å². The Balaban J connectivity index is 0.00000146. The SMILES string of the molecule is Br.CN1CCC2=C[C@@H](O)[C@H]3OC(=O)c4cc5c(cc4C3[C@H]21)OCO5. The standard InChI is InChI=1S/C17H17NO5.BrH/c1-18-3-2-8-4-11(19)16-14(15(8)18)9-5-12-13(22-7-21-12)6-10(9)17(20)23-16;/h4-6,11,14-16,19H,2-3,7H2,1H3;1H/t11-,14?,15+,16-;/m1./s1. The van der Waals surface area contributed by atoms with Gasteiger partial charge >= 0.3 is 5.97 Å². The van der Waals surface area contributed by atoms with Crippen LogP contribution in [0.3, 0.4) is 0 Å². The van der Waals surface area contributed by atoms with E-state index in [0.29, 0.717) is 17.1 Å². The van der Waals surface area contributed by atoms with Gasteiger partial charge < -0.3 is 19.3 Å². The van der Waals surface area contributed by atoms with Crippen molar-refractivity contribution in [1.82, 2.24) is 4.90 Å². The second kappa shape index (κ2) is 5.47. The van der Waals surface area contributed by atoms with Crippen molar-refractivity contribution in [2.24, 2.45) is 0 Å². The first-order valence-corrected chi connectivity index (χ1v) is 7.87. The first-order chi connectivity index (χ1) is 11.1. The molecule has 7 heteroatoms. The summed E-state index contributed by atoms with van der Waals surface area (Å²) < 4.78 is 16.4. The fourth-order valence-corrected chi connectivity index (χ4v) is 4.36. The molecule has 1 saturated heterocycles. The molecule has 0 saturated carbocycles. The summed E-state index contributed by atoms with van der Waals surface area (Å²) in [4.78, 5) is 14.7. The zero-order chi connectivity index (χ0) is 15.7. The van der Waals surface area contributed by atoms with E-state index < -0.39 is 18.2 Å². The summed E-state index contributed by atoms with van der Waals surface area (Å²) in [5.41, 5.74) is 2.63. The third-order valence-electron chi connectivity index (χ3n) is 5.39. The van der Waals surface area contributed by atoms with E-state index >= 15 is 0 Å². The summed E-state index contributed by atoms with van der Waals surface area (Å²) >= 11 is 0. The lowest BCUT2D eigenvalue weighted by molar-refractivity contribution is -0.0336. The van der Waals surface area contributed by atoms with Gasteiger partial charge in [0.15, 0.2) is 11.5 Å². The molecule has 5 rings (SSSR count). The predicted molar refractivity (Wildman–Crippen MR) is 90.0 cm³/mol. The largest absolute Gasteiger partial charge is 0.455 e. The van der Waals surface area contributed by atoms with Crippen LogP contribution in [0.5, 0.6) is 11.5 Å². The number of hydrogen-bond acceptors (Lipinski definition) is 6. The maximum Gasteiger partial charge on any atom is 0.338 e. The monoisotopic (exact) mass is 395 g/mol. The lowest BCUT2D eigenvalue weighted by Crippen LogP contribution is -2.50. The van der Waals surface area contributed by atoms with Gasteiger partial charge in [-0.3, -0.25) is 4.90 Å². The number of benzene rings is 1. The van der Waals surface area contributed by atoms with E-state index in [1.54, 1.807) is 6.07 Å². The number of hydrogen-bond donors (Lipinski definition) is 1. The van der Waals surface area contributed by atoms with Crippen molar-refractivity contribution in [3.63, 3.8) is 0 Å². The van der Waals surface area contributed by atoms with E-state index in [4.69, 9.17) is 14.2 Å². The van der Waals surface area contributed by atoms with Gasteiger partial charge in [0.05, 0.1) is 5.56 Å². The maximum absolute atomic E-state index is 12.4. The van der Waals surface area contributed by atoms with Crippen LogP contribution in [0.15, 0.2) is 23.8 Å². The van der Waals surface area contributed by atoms with Crippen LogP contribution in [0.4, 0.5) is 0 Å². The highest BCUT2D eigenvalue weighted by Gasteiger charge is 2.50. The number of esters is 1. The molecule has 1 aromatic rings. The fraction of sp³-hybridized carbons (Fsp3) is 0.471. The topological polar surface area (TPSA) is 68.2 Å². The van der Waals surface area contributed by atoms with Crippen LogP contribution >= 0.6 is 17.0 Å². The summed E-state index contributed by atoms with van der Waals surface area (Å²) in [6.45, 7) is 1.11. The molecule has 4 aliphatic rings. The number of halogens is 1. The number of aliphatic hydroxyl groups excluding tert-OH is 1. The lowest BCUT2D eigenvalue weighted by Gasteiger charge is -2.43. The molecule has 4 atom stereocenters. The number of likely N-dealkylation sites (N-methyl/N-ethyl adjacent to an activating group) is 1. The molecule has 3 heterocycles. The highest BCUT2D eigenvalue weighted by molar-refractivity contribution is 8.93.